The minimum absolute atomic E-state index is 0.0577. The van der Waals surface area contributed by atoms with Crippen molar-refractivity contribution in [3.63, 3.8) is 0 Å². The van der Waals surface area contributed by atoms with Gasteiger partial charge in [0.25, 0.3) is 11.7 Å². The molecule has 1 aliphatic heterocycles. The number of hydrogen-bond donors (Lipinski definition) is 1. The highest BCUT2D eigenvalue weighted by Gasteiger charge is 2.49. The van der Waals surface area contributed by atoms with Gasteiger partial charge in [0.05, 0.1) is 38.5 Å². The number of benzene rings is 2. The summed E-state index contributed by atoms with van der Waals surface area (Å²) in [4.78, 5) is 28.3. The molecule has 2 aliphatic rings. The van der Waals surface area contributed by atoms with Gasteiger partial charge in [-0.05, 0) is 42.7 Å². The minimum Gasteiger partial charge on any atom is -0.507 e. The van der Waals surface area contributed by atoms with Gasteiger partial charge in [-0.25, -0.2) is 0 Å². The third-order valence-electron chi connectivity index (χ3n) is 6.52. The Labute approximate surface area is 193 Å². The molecule has 0 bridgehead atoms. The zero-order valence-electron chi connectivity index (χ0n) is 19.2. The fraction of sp³-hybridized carbons (Fsp3) is 0.385. The number of aliphatic hydroxyl groups excluding tert-OH is 1. The molecule has 2 aromatic rings. The molecule has 7 nitrogen and oxygen atoms in total. The highest BCUT2D eigenvalue weighted by atomic mass is 16.5. The quantitative estimate of drug-likeness (QED) is 0.396. The fourth-order valence-electron chi connectivity index (χ4n) is 4.86. The van der Waals surface area contributed by atoms with Gasteiger partial charge in [-0.2, -0.15) is 0 Å². The van der Waals surface area contributed by atoms with E-state index in [1.165, 1.54) is 14.2 Å². The predicted molar refractivity (Wildman–Crippen MR) is 124 cm³/mol. The van der Waals surface area contributed by atoms with Crippen LogP contribution in [-0.2, 0) is 9.59 Å². The molecule has 1 unspecified atom stereocenters. The molecule has 0 radical (unpaired) electrons. The number of methoxy groups -OCH3 is 3. The smallest absolute Gasteiger partial charge is 0.295 e. The van der Waals surface area contributed by atoms with Crippen LogP contribution in [0.5, 0.6) is 17.2 Å². The summed E-state index contributed by atoms with van der Waals surface area (Å²) in [6.07, 6.45) is 4.79. The maximum absolute atomic E-state index is 13.3. The number of ketones is 1. The van der Waals surface area contributed by atoms with Gasteiger partial charge < -0.3 is 24.2 Å². The first-order chi connectivity index (χ1) is 16.0. The SMILES string of the molecule is COc1cccc(C2/C(=C(/O)c3ccc(OC)cc3OC)C(=O)C(=O)N2C2CCCCC2)c1. The lowest BCUT2D eigenvalue weighted by Gasteiger charge is -2.35. The summed E-state index contributed by atoms with van der Waals surface area (Å²) in [5.74, 6) is -0.0224. The van der Waals surface area contributed by atoms with E-state index in [4.69, 9.17) is 14.2 Å². The van der Waals surface area contributed by atoms with Crippen LogP contribution in [0.2, 0.25) is 0 Å². The number of carbonyl (C=O) groups excluding carboxylic acids is 2. The molecule has 2 aromatic carbocycles. The molecule has 1 heterocycles. The van der Waals surface area contributed by atoms with Crippen molar-refractivity contribution < 1.29 is 28.9 Å². The molecule has 1 atom stereocenters. The van der Waals surface area contributed by atoms with Crippen molar-refractivity contribution in [2.75, 3.05) is 21.3 Å². The van der Waals surface area contributed by atoms with E-state index in [9.17, 15) is 14.7 Å². The van der Waals surface area contributed by atoms with E-state index in [0.29, 0.717) is 28.4 Å². The van der Waals surface area contributed by atoms with E-state index in [-0.39, 0.29) is 17.4 Å². The largest absolute Gasteiger partial charge is 0.507 e. The van der Waals surface area contributed by atoms with Gasteiger partial charge in [0, 0.05) is 12.1 Å². The Morgan fingerprint density at radius 1 is 0.909 bits per heavy atom. The van der Waals surface area contributed by atoms with Crippen molar-refractivity contribution >= 4 is 17.4 Å². The molecule has 33 heavy (non-hydrogen) atoms. The van der Waals surface area contributed by atoms with Gasteiger partial charge in [0.15, 0.2) is 0 Å². The van der Waals surface area contributed by atoms with Crippen molar-refractivity contribution in [2.45, 2.75) is 44.2 Å². The van der Waals surface area contributed by atoms with Gasteiger partial charge in [0.2, 0.25) is 0 Å². The van der Waals surface area contributed by atoms with Gasteiger partial charge in [-0.1, -0.05) is 31.4 Å². The fourth-order valence-corrected chi connectivity index (χ4v) is 4.86. The number of Topliss-reactive ketones (excluding diaryl/α,β-unsaturated/α-hetero) is 1. The maximum atomic E-state index is 13.3. The molecule has 0 aromatic heterocycles. The topological polar surface area (TPSA) is 85.3 Å². The van der Waals surface area contributed by atoms with Crippen LogP contribution in [0, 0.1) is 0 Å². The standard InChI is InChI=1S/C26H29NO6/c1-31-18-11-7-8-16(14-18)23-22(24(28)20-13-12-19(32-2)15-21(20)33-3)25(29)26(30)27(23)17-9-5-4-6-10-17/h7-8,11-15,17,23,28H,4-6,9-10H2,1-3H3/b24-22-. The second-order valence-electron chi connectivity index (χ2n) is 8.34. The molecule has 4 rings (SSSR count). The van der Waals surface area contributed by atoms with Crippen LogP contribution in [0.25, 0.3) is 5.76 Å². The number of nitrogens with zero attached hydrogens (tertiary/aromatic N) is 1. The number of carbonyl (C=O) groups is 2. The number of hydrogen-bond acceptors (Lipinski definition) is 6. The second-order valence-corrected chi connectivity index (χ2v) is 8.34. The highest BCUT2D eigenvalue weighted by molar-refractivity contribution is 6.46. The molecule has 1 amide bonds. The van der Waals surface area contributed by atoms with Crippen molar-refractivity contribution in [1.29, 1.82) is 0 Å². The number of aliphatic hydroxyl groups is 1. The summed E-state index contributed by atoms with van der Waals surface area (Å²) in [6, 6.07) is 11.5. The summed E-state index contributed by atoms with van der Waals surface area (Å²) in [6.45, 7) is 0. The average molecular weight is 452 g/mol. The number of rotatable bonds is 6. The number of ether oxygens (including phenoxy) is 3. The average Bonchev–Trinajstić information content (AvgIpc) is 3.14. The minimum atomic E-state index is -0.713. The van der Waals surface area contributed by atoms with E-state index >= 15 is 0 Å². The van der Waals surface area contributed by atoms with Crippen LogP contribution in [-0.4, -0.2) is 49.1 Å². The van der Waals surface area contributed by atoms with Gasteiger partial charge in [-0.15, -0.1) is 0 Å². The summed E-state index contributed by atoms with van der Waals surface area (Å²) >= 11 is 0. The maximum Gasteiger partial charge on any atom is 0.295 e. The molecule has 2 fully saturated rings. The van der Waals surface area contributed by atoms with E-state index in [1.54, 1.807) is 30.2 Å². The Morgan fingerprint density at radius 3 is 2.27 bits per heavy atom. The lowest BCUT2D eigenvalue weighted by atomic mass is 9.90. The Morgan fingerprint density at radius 2 is 1.61 bits per heavy atom. The Kier molecular flexibility index (Phi) is 6.58. The van der Waals surface area contributed by atoms with Crippen molar-refractivity contribution in [3.8, 4) is 17.2 Å². The van der Waals surface area contributed by atoms with E-state index in [2.05, 4.69) is 0 Å². The molecule has 1 saturated heterocycles. The van der Waals surface area contributed by atoms with Gasteiger partial charge in [-0.3, -0.25) is 9.59 Å². The van der Waals surface area contributed by atoms with Crippen molar-refractivity contribution in [3.05, 3.63) is 59.2 Å². The summed E-state index contributed by atoms with van der Waals surface area (Å²) < 4.78 is 16.1. The highest BCUT2D eigenvalue weighted by Crippen LogP contribution is 2.44. The molecule has 1 N–H and O–H groups in total. The Hall–Kier alpha value is -3.48. The molecule has 1 aliphatic carbocycles. The molecular weight excluding hydrogens is 422 g/mol. The normalized spacial score (nSPS) is 20.7. The lowest BCUT2D eigenvalue weighted by molar-refractivity contribution is -0.141. The molecule has 1 saturated carbocycles. The van der Waals surface area contributed by atoms with Crippen LogP contribution >= 0.6 is 0 Å². The van der Waals surface area contributed by atoms with E-state index < -0.39 is 17.7 Å². The third kappa shape index (κ3) is 4.15. The molecule has 0 spiro atoms. The molecule has 7 heteroatoms. The molecule has 174 valence electrons. The first-order valence-electron chi connectivity index (χ1n) is 11.2. The first-order valence-corrected chi connectivity index (χ1v) is 11.2. The summed E-state index contributed by atoms with van der Waals surface area (Å²) in [5.41, 5.74) is 1.10. The lowest BCUT2D eigenvalue weighted by Crippen LogP contribution is -2.40. The van der Waals surface area contributed by atoms with Crippen LogP contribution in [0.3, 0.4) is 0 Å². The van der Waals surface area contributed by atoms with Gasteiger partial charge in [0.1, 0.15) is 23.0 Å². The van der Waals surface area contributed by atoms with Crippen LogP contribution in [0.1, 0.15) is 49.3 Å². The first kappa shape index (κ1) is 22.7. The monoisotopic (exact) mass is 451 g/mol. The zero-order chi connectivity index (χ0) is 23.5. The van der Waals surface area contributed by atoms with Gasteiger partial charge >= 0.3 is 0 Å². The Balaban J connectivity index is 1.90. The van der Waals surface area contributed by atoms with Crippen molar-refractivity contribution in [1.82, 2.24) is 4.90 Å². The third-order valence-corrected chi connectivity index (χ3v) is 6.52. The number of amides is 1. The van der Waals surface area contributed by atoms with Crippen molar-refractivity contribution in [2.24, 2.45) is 0 Å². The second kappa shape index (κ2) is 9.57. The summed E-state index contributed by atoms with van der Waals surface area (Å²) in [5, 5.41) is 11.4. The van der Waals surface area contributed by atoms with E-state index in [0.717, 1.165) is 32.1 Å². The summed E-state index contributed by atoms with van der Waals surface area (Å²) in [7, 11) is 4.58. The number of likely N-dealkylation sites (tertiary alicyclic amines) is 1. The Bertz CT molecular complexity index is 1090. The predicted octanol–water partition coefficient (Wildman–Crippen LogP) is 4.47. The van der Waals surface area contributed by atoms with Crippen LogP contribution in [0.15, 0.2) is 48.0 Å². The van der Waals surface area contributed by atoms with Crippen LogP contribution < -0.4 is 14.2 Å². The zero-order valence-corrected chi connectivity index (χ0v) is 19.2. The van der Waals surface area contributed by atoms with E-state index in [1.807, 2.05) is 24.3 Å². The van der Waals surface area contributed by atoms with Crippen LogP contribution in [0.4, 0.5) is 0 Å². The molecular formula is C26H29NO6.